The van der Waals surface area contributed by atoms with Gasteiger partial charge in [-0.3, -0.25) is 9.59 Å². The number of hydrogen-bond acceptors (Lipinski definition) is 9. The molecular weight excluding hydrogens is 556 g/mol. The molecule has 0 bridgehead atoms. The van der Waals surface area contributed by atoms with Crippen molar-refractivity contribution in [2.45, 2.75) is 71.1 Å². The van der Waals surface area contributed by atoms with E-state index >= 15 is 0 Å². The number of nitrogens with one attached hydrogen (secondary N) is 2. The number of carbonyl (C=O) groups excluding carboxylic acids is 2. The summed E-state index contributed by atoms with van der Waals surface area (Å²) in [7, 11) is 0. The van der Waals surface area contributed by atoms with Crippen LogP contribution in [0.15, 0.2) is 57.1 Å². The molecule has 1 aromatic carbocycles. The lowest BCUT2D eigenvalue weighted by Gasteiger charge is -2.29. The molecule has 2 unspecified atom stereocenters. The number of likely N-dealkylation sites (tertiary alicyclic amines) is 1. The second-order valence-corrected chi connectivity index (χ2v) is 12.6. The lowest BCUT2D eigenvalue weighted by molar-refractivity contribution is 0.0443. The first-order chi connectivity index (χ1) is 19.9. The second-order valence-electron chi connectivity index (χ2n) is 11.7. The van der Waals surface area contributed by atoms with E-state index in [0.717, 1.165) is 29.1 Å². The molecule has 0 aliphatic carbocycles. The minimum Gasteiger partial charge on any atom is -0.444 e. The molecule has 1 fully saturated rings. The third kappa shape index (κ3) is 6.59. The van der Waals surface area contributed by atoms with Crippen LogP contribution in [0.3, 0.4) is 0 Å². The van der Waals surface area contributed by atoms with Crippen LogP contribution in [-0.4, -0.2) is 49.2 Å². The summed E-state index contributed by atoms with van der Waals surface area (Å²) in [6.07, 6.45) is 1.35. The zero-order valence-corrected chi connectivity index (χ0v) is 25.1. The Morgan fingerprint density at radius 2 is 1.93 bits per heavy atom. The van der Waals surface area contributed by atoms with Gasteiger partial charge in [0.2, 0.25) is 11.4 Å². The van der Waals surface area contributed by atoms with E-state index in [1.807, 2.05) is 42.6 Å². The molecule has 3 aromatic heterocycles. The first-order valence-corrected chi connectivity index (χ1v) is 14.6. The number of hydrogen-bond donors (Lipinski definition) is 2. The molecule has 0 radical (unpaired) electrons. The molecular formula is C30H34N6O5S. The summed E-state index contributed by atoms with van der Waals surface area (Å²) in [5.74, 6) is -0.142. The van der Waals surface area contributed by atoms with Gasteiger partial charge >= 0.3 is 6.09 Å². The van der Waals surface area contributed by atoms with Gasteiger partial charge in [-0.25, -0.2) is 9.78 Å². The van der Waals surface area contributed by atoms with Crippen LogP contribution in [-0.2, 0) is 16.7 Å². The van der Waals surface area contributed by atoms with E-state index in [1.165, 1.54) is 17.4 Å². The number of amides is 2. The van der Waals surface area contributed by atoms with Gasteiger partial charge in [0.1, 0.15) is 21.8 Å². The van der Waals surface area contributed by atoms with Gasteiger partial charge in [0.25, 0.3) is 11.8 Å². The molecule has 0 spiro atoms. The lowest BCUT2D eigenvalue weighted by atomic mass is 9.92. The number of rotatable bonds is 7. The van der Waals surface area contributed by atoms with Crippen LogP contribution in [0.4, 0.5) is 4.79 Å². The highest BCUT2D eigenvalue weighted by molar-refractivity contribution is 7.09. The van der Waals surface area contributed by atoms with Crippen molar-refractivity contribution in [3.8, 4) is 11.6 Å². The summed E-state index contributed by atoms with van der Waals surface area (Å²) in [4.78, 5) is 48.1. The van der Waals surface area contributed by atoms with Crippen molar-refractivity contribution in [2.24, 2.45) is 0 Å². The van der Waals surface area contributed by atoms with Crippen molar-refractivity contribution in [3.05, 3.63) is 85.9 Å². The van der Waals surface area contributed by atoms with E-state index in [4.69, 9.17) is 9.15 Å². The SMILES string of the molecule is Cc1csc(C2CCCN2C(=O)c2cc(-c3nnc(C(C)(Cc4ccccc4)NC(=O)OC(C)(C)C)o3)[nH]c(=O)c2)n1. The van der Waals surface area contributed by atoms with E-state index < -0.39 is 22.8 Å². The normalized spacial score (nSPS) is 16.7. The zero-order chi connectivity index (χ0) is 30.1. The fourth-order valence-electron chi connectivity index (χ4n) is 5.00. The predicted octanol–water partition coefficient (Wildman–Crippen LogP) is 5.15. The van der Waals surface area contributed by atoms with Crippen molar-refractivity contribution >= 4 is 23.3 Å². The maximum absolute atomic E-state index is 13.6. The zero-order valence-electron chi connectivity index (χ0n) is 24.3. The average molecular weight is 591 g/mol. The highest BCUT2D eigenvalue weighted by atomic mass is 32.1. The largest absolute Gasteiger partial charge is 0.444 e. The van der Waals surface area contributed by atoms with Gasteiger partial charge in [-0.15, -0.1) is 21.5 Å². The maximum Gasteiger partial charge on any atom is 0.408 e. The van der Waals surface area contributed by atoms with Gasteiger partial charge in [-0.2, -0.15) is 0 Å². The first kappa shape index (κ1) is 29.2. The molecule has 220 valence electrons. The highest BCUT2D eigenvalue weighted by Crippen LogP contribution is 2.35. The Morgan fingerprint density at radius 1 is 1.17 bits per heavy atom. The topological polar surface area (TPSA) is 143 Å². The summed E-state index contributed by atoms with van der Waals surface area (Å²) in [6, 6.07) is 12.2. The summed E-state index contributed by atoms with van der Waals surface area (Å²) in [5, 5.41) is 14.1. The molecule has 2 atom stereocenters. The fraction of sp³-hybridized carbons (Fsp3) is 0.400. The Labute approximate surface area is 247 Å². The minimum atomic E-state index is -1.14. The fourth-order valence-corrected chi connectivity index (χ4v) is 5.94. The summed E-state index contributed by atoms with van der Waals surface area (Å²) in [6.45, 7) is 9.59. The number of benzene rings is 1. The first-order valence-electron chi connectivity index (χ1n) is 13.8. The molecule has 1 saturated heterocycles. The van der Waals surface area contributed by atoms with Crippen molar-refractivity contribution in [2.75, 3.05) is 6.54 Å². The van der Waals surface area contributed by atoms with Crippen molar-refractivity contribution in [1.82, 2.24) is 30.4 Å². The van der Waals surface area contributed by atoms with E-state index in [2.05, 4.69) is 25.5 Å². The number of alkyl carbamates (subject to hydrolysis) is 1. The molecule has 0 saturated carbocycles. The average Bonchev–Trinajstić information content (AvgIpc) is 3.68. The van der Waals surface area contributed by atoms with Crippen LogP contribution in [0, 0.1) is 6.92 Å². The van der Waals surface area contributed by atoms with Crippen LogP contribution in [0.25, 0.3) is 11.6 Å². The quantitative estimate of drug-likeness (QED) is 0.301. The number of nitrogens with zero attached hydrogens (tertiary/aromatic N) is 4. The molecule has 11 nitrogen and oxygen atoms in total. The summed E-state index contributed by atoms with van der Waals surface area (Å²) in [5.41, 5.74) is -0.0747. The van der Waals surface area contributed by atoms with Crippen molar-refractivity contribution in [3.63, 3.8) is 0 Å². The van der Waals surface area contributed by atoms with E-state index in [9.17, 15) is 14.4 Å². The minimum absolute atomic E-state index is 0.00976. The molecule has 5 rings (SSSR count). The number of aromatic amines is 1. The Bertz CT molecular complexity index is 1640. The lowest BCUT2D eigenvalue weighted by Crippen LogP contribution is -2.47. The third-order valence-electron chi connectivity index (χ3n) is 6.83. The molecule has 2 N–H and O–H groups in total. The van der Waals surface area contributed by atoms with Crippen molar-refractivity contribution in [1.29, 1.82) is 0 Å². The summed E-state index contributed by atoms with van der Waals surface area (Å²) < 4.78 is 11.5. The Kier molecular flexibility index (Phi) is 8.00. The molecule has 12 heteroatoms. The van der Waals surface area contributed by atoms with Crippen LogP contribution in [0.2, 0.25) is 0 Å². The molecule has 1 aliphatic rings. The number of thiazole rings is 1. The number of aryl methyl sites for hydroxylation is 1. The molecule has 2 amide bonds. The molecule has 4 aromatic rings. The number of carbonyl (C=O) groups is 2. The van der Waals surface area contributed by atoms with Crippen LogP contribution >= 0.6 is 11.3 Å². The highest BCUT2D eigenvalue weighted by Gasteiger charge is 2.37. The van der Waals surface area contributed by atoms with Crippen LogP contribution < -0.4 is 10.9 Å². The molecule has 4 heterocycles. The monoisotopic (exact) mass is 590 g/mol. The van der Waals surface area contributed by atoms with E-state index in [0.29, 0.717) is 13.0 Å². The Hall–Kier alpha value is -4.32. The predicted molar refractivity (Wildman–Crippen MR) is 157 cm³/mol. The van der Waals surface area contributed by atoms with Gasteiger partial charge in [-0.1, -0.05) is 30.3 Å². The Morgan fingerprint density at radius 3 is 2.62 bits per heavy atom. The standard InChI is InChI=1S/C30H34N6O5S/c1-18-17-42-25(31-18)22-12-9-13-36(22)26(38)20-14-21(32-23(37)15-20)24-34-35-27(40-24)30(5,16-19-10-7-6-8-11-19)33-28(39)41-29(2,3)4/h6-8,10-11,14-15,17,22H,9,12-13,16H2,1-5H3,(H,32,37)(H,33,39). The summed E-state index contributed by atoms with van der Waals surface area (Å²) >= 11 is 1.53. The number of ether oxygens (including phenoxy) is 1. The van der Waals surface area contributed by atoms with Gasteiger partial charge in [-0.05, 0) is 59.1 Å². The van der Waals surface area contributed by atoms with E-state index in [1.54, 1.807) is 38.7 Å². The van der Waals surface area contributed by atoms with Gasteiger partial charge in [0.15, 0.2) is 0 Å². The third-order valence-corrected chi connectivity index (χ3v) is 7.90. The second kappa shape index (κ2) is 11.5. The molecule has 1 aliphatic heterocycles. The van der Waals surface area contributed by atoms with Crippen molar-refractivity contribution < 1.29 is 18.7 Å². The van der Waals surface area contributed by atoms with Crippen LogP contribution in [0.1, 0.15) is 79.1 Å². The molecule has 42 heavy (non-hydrogen) atoms. The number of H-pyrrole nitrogens is 1. The smallest absolute Gasteiger partial charge is 0.408 e. The number of aromatic nitrogens is 4. The van der Waals surface area contributed by atoms with E-state index in [-0.39, 0.29) is 35.0 Å². The maximum atomic E-state index is 13.6. The van der Waals surface area contributed by atoms with Gasteiger partial charge in [0, 0.05) is 35.7 Å². The van der Waals surface area contributed by atoms with Gasteiger partial charge in [0.05, 0.1) is 6.04 Å². The van der Waals surface area contributed by atoms with Crippen LogP contribution in [0.5, 0.6) is 0 Å². The number of pyridine rings is 1. The van der Waals surface area contributed by atoms with Gasteiger partial charge < -0.3 is 24.4 Å². The Balaban J connectivity index is 1.44.